The summed E-state index contributed by atoms with van der Waals surface area (Å²) in [5.74, 6) is 0.952. The zero-order chi connectivity index (χ0) is 12.8. The van der Waals surface area contributed by atoms with Crippen LogP contribution in [0.1, 0.15) is 31.7 Å². The van der Waals surface area contributed by atoms with Crippen LogP contribution in [0.5, 0.6) is 5.75 Å². The number of benzene rings is 1. The molecule has 1 fully saturated rings. The van der Waals surface area contributed by atoms with Gasteiger partial charge in [-0.2, -0.15) is 0 Å². The number of aryl methyl sites for hydroxylation is 1. The van der Waals surface area contributed by atoms with Crippen molar-refractivity contribution in [2.45, 2.75) is 38.2 Å². The molecule has 1 aliphatic heterocycles. The first-order valence-electron chi connectivity index (χ1n) is 6.68. The molecular formula is C16H22O2. The molecule has 18 heavy (non-hydrogen) atoms. The summed E-state index contributed by atoms with van der Waals surface area (Å²) < 4.78 is 11.1. The van der Waals surface area contributed by atoms with Gasteiger partial charge in [0, 0.05) is 0 Å². The molecule has 2 rings (SSSR count). The molecule has 1 saturated heterocycles. The van der Waals surface area contributed by atoms with E-state index in [4.69, 9.17) is 9.47 Å². The zero-order valence-corrected chi connectivity index (χ0v) is 11.2. The molecule has 0 aliphatic carbocycles. The minimum absolute atomic E-state index is 0.0417. The largest absolute Gasteiger partial charge is 0.490 e. The molecule has 0 bridgehead atoms. The highest BCUT2D eigenvalue weighted by Crippen LogP contribution is 2.27. The van der Waals surface area contributed by atoms with Crippen molar-refractivity contribution in [2.24, 2.45) is 0 Å². The first-order valence-corrected chi connectivity index (χ1v) is 6.68. The van der Waals surface area contributed by atoms with Gasteiger partial charge >= 0.3 is 0 Å². The fraction of sp³-hybridized carbons (Fsp3) is 0.500. The van der Waals surface area contributed by atoms with Crippen LogP contribution in [-0.2, 0) is 11.2 Å². The Kier molecular flexibility index (Phi) is 4.43. The maximum atomic E-state index is 5.76. The van der Waals surface area contributed by atoms with Crippen LogP contribution in [0, 0.1) is 0 Å². The lowest BCUT2D eigenvalue weighted by atomic mass is 10.1. The predicted molar refractivity (Wildman–Crippen MR) is 74.0 cm³/mol. The van der Waals surface area contributed by atoms with Gasteiger partial charge in [0.1, 0.15) is 18.0 Å². The van der Waals surface area contributed by atoms with Gasteiger partial charge in [-0.05, 0) is 50.3 Å². The van der Waals surface area contributed by atoms with Crippen LogP contribution in [0.2, 0.25) is 0 Å². The van der Waals surface area contributed by atoms with Gasteiger partial charge in [0.2, 0.25) is 0 Å². The molecule has 1 unspecified atom stereocenters. The molecule has 0 saturated carbocycles. The molecule has 0 amide bonds. The summed E-state index contributed by atoms with van der Waals surface area (Å²) >= 11 is 0. The van der Waals surface area contributed by atoms with Gasteiger partial charge in [0.05, 0.1) is 6.61 Å². The molecule has 2 heteroatoms. The van der Waals surface area contributed by atoms with Crippen molar-refractivity contribution in [1.82, 2.24) is 0 Å². The Morgan fingerprint density at radius 2 is 2.28 bits per heavy atom. The third kappa shape index (κ3) is 4.19. The quantitative estimate of drug-likeness (QED) is 0.396. The molecule has 1 heterocycles. The maximum Gasteiger partial charge on any atom is 0.123 e. The van der Waals surface area contributed by atoms with Crippen molar-refractivity contribution in [3.8, 4) is 5.75 Å². The third-order valence-corrected chi connectivity index (χ3v) is 3.20. The van der Waals surface area contributed by atoms with E-state index in [1.54, 1.807) is 0 Å². The molecule has 2 nitrogen and oxygen atoms in total. The predicted octanol–water partition coefficient (Wildman–Crippen LogP) is 3.75. The fourth-order valence-electron chi connectivity index (χ4n) is 1.85. The summed E-state index contributed by atoms with van der Waals surface area (Å²) in [5, 5.41) is 0. The van der Waals surface area contributed by atoms with Gasteiger partial charge in [-0.3, -0.25) is 0 Å². The topological polar surface area (TPSA) is 21.8 Å². The van der Waals surface area contributed by atoms with Crippen molar-refractivity contribution in [1.29, 1.82) is 0 Å². The number of rotatable bonds is 8. The van der Waals surface area contributed by atoms with Gasteiger partial charge in [0.25, 0.3) is 0 Å². The van der Waals surface area contributed by atoms with Gasteiger partial charge < -0.3 is 9.47 Å². The maximum absolute atomic E-state index is 5.76. The van der Waals surface area contributed by atoms with Crippen LogP contribution < -0.4 is 4.74 Å². The minimum Gasteiger partial charge on any atom is -0.490 e. The molecule has 0 N–H and O–H groups in total. The first kappa shape index (κ1) is 13.2. The third-order valence-electron chi connectivity index (χ3n) is 3.20. The number of allylic oxidation sites excluding steroid dienone is 1. The first-order chi connectivity index (χ1) is 8.72. The smallest absolute Gasteiger partial charge is 0.123 e. The van der Waals surface area contributed by atoms with Gasteiger partial charge in [0.15, 0.2) is 0 Å². The van der Waals surface area contributed by atoms with Crippen molar-refractivity contribution in [3.63, 3.8) is 0 Å². The Hall–Kier alpha value is -1.28. The molecule has 0 radical (unpaired) electrons. The van der Waals surface area contributed by atoms with Crippen LogP contribution in [0.3, 0.4) is 0 Å². The van der Waals surface area contributed by atoms with E-state index in [-0.39, 0.29) is 5.60 Å². The van der Waals surface area contributed by atoms with Crippen LogP contribution in [0.4, 0.5) is 0 Å². The van der Waals surface area contributed by atoms with Gasteiger partial charge in [-0.1, -0.05) is 18.2 Å². The van der Waals surface area contributed by atoms with E-state index in [9.17, 15) is 0 Å². The molecular weight excluding hydrogens is 224 g/mol. The van der Waals surface area contributed by atoms with Gasteiger partial charge in [-0.25, -0.2) is 0 Å². The van der Waals surface area contributed by atoms with Gasteiger partial charge in [-0.15, -0.1) is 6.58 Å². The molecule has 1 aliphatic rings. The molecule has 1 aromatic carbocycles. The van der Waals surface area contributed by atoms with Crippen LogP contribution in [0.15, 0.2) is 36.9 Å². The molecule has 1 aromatic rings. The monoisotopic (exact) mass is 246 g/mol. The summed E-state index contributed by atoms with van der Waals surface area (Å²) in [6, 6.07) is 8.38. The standard InChI is InChI=1S/C16H22O2/c1-3-4-5-6-8-14-9-7-10-15(11-14)17-12-16(2)13-18-16/h3,7,9-11H,1,4-6,8,12-13H2,2H3. The lowest BCUT2D eigenvalue weighted by Gasteiger charge is -2.10. The van der Waals surface area contributed by atoms with Crippen molar-refractivity contribution in [2.75, 3.05) is 13.2 Å². The Bertz CT molecular complexity index is 394. The van der Waals surface area contributed by atoms with Crippen molar-refractivity contribution >= 4 is 0 Å². The summed E-state index contributed by atoms with van der Waals surface area (Å²) in [7, 11) is 0. The Labute approximate surface area is 110 Å². The number of unbranched alkanes of at least 4 members (excludes halogenated alkanes) is 2. The Balaban J connectivity index is 1.78. The van der Waals surface area contributed by atoms with E-state index >= 15 is 0 Å². The van der Waals surface area contributed by atoms with Crippen molar-refractivity contribution in [3.05, 3.63) is 42.5 Å². The molecule has 0 aromatic heterocycles. The number of hydrogen-bond acceptors (Lipinski definition) is 2. The highest BCUT2D eigenvalue weighted by molar-refractivity contribution is 5.28. The second-order valence-electron chi connectivity index (χ2n) is 5.21. The summed E-state index contributed by atoms with van der Waals surface area (Å²) in [6.07, 6.45) is 6.61. The van der Waals surface area contributed by atoms with Crippen LogP contribution in [0.25, 0.3) is 0 Å². The Morgan fingerprint density at radius 1 is 1.44 bits per heavy atom. The van der Waals surface area contributed by atoms with E-state index in [0.29, 0.717) is 6.61 Å². The average Bonchev–Trinajstić information content (AvgIpc) is 3.12. The molecule has 1 atom stereocenters. The highest BCUT2D eigenvalue weighted by Gasteiger charge is 2.40. The normalized spacial score (nSPS) is 21.6. The van der Waals surface area contributed by atoms with Crippen LogP contribution in [-0.4, -0.2) is 18.8 Å². The SMILES string of the molecule is C=CCCCCc1cccc(OCC2(C)CO2)c1. The lowest BCUT2D eigenvalue weighted by Crippen LogP contribution is -2.16. The number of hydrogen-bond donors (Lipinski definition) is 0. The van der Waals surface area contributed by atoms with E-state index in [0.717, 1.165) is 25.2 Å². The van der Waals surface area contributed by atoms with E-state index in [1.165, 1.54) is 18.4 Å². The van der Waals surface area contributed by atoms with E-state index in [2.05, 4.69) is 31.7 Å². The van der Waals surface area contributed by atoms with Crippen molar-refractivity contribution < 1.29 is 9.47 Å². The average molecular weight is 246 g/mol. The number of ether oxygens (including phenoxy) is 2. The second-order valence-corrected chi connectivity index (χ2v) is 5.21. The number of epoxide rings is 1. The highest BCUT2D eigenvalue weighted by atomic mass is 16.6. The summed E-state index contributed by atoms with van der Waals surface area (Å²) in [6.45, 7) is 7.28. The second kappa shape index (κ2) is 6.05. The Morgan fingerprint density at radius 3 is 3.00 bits per heavy atom. The molecule has 98 valence electrons. The summed E-state index contributed by atoms with van der Waals surface area (Å²) in [4.78, 5) is 0. The zero-order valence-electron chi connectivity index (χ0n) is 11.2. The van der Waals surface area contributed by atoms with Crippen LogP contribution >= 0.6 is 0 Å². The molecule has 0 spiro atoms. The van der Waals surface area contributed by atoms with E-state index < -0.39 is 0 Å². The minimum atomic E-state index is -0.0417. The lowest BCUT2D eigenvalue weighted by molar-refractivity contribution is 0.202. The fourth-order valence-corrected chi connectivity index (χ4v) is 1.85. The summed E-state index contributed by atoms with van der Waals surface area (Å²) in [5.41, 5.74) is 1.30. The van der Waals surface area contributed by atoms with E-state index in [1.807, 2.05) is 12.1 Å².